The second-order valence-corrected chi connectivity index (χ2v) is 2.71. The van der Waals surface area contributed by atoms with Gasteiger partial charge in [0.1, 0.15) is 5.78 Å². The zero-order valence-electron chi connectivity index (χ0n) is 6.92. The van der Waals surface area contributed by atoms with Gasteiger partial charge < -0.3 is 10.2 Å². The van der Waals surface area contributed by atoms with Crippen LogP contribution in [-0.2, 0) is 4.79 Å². The van der Waals surface area contributed by atoms with Crippen molar-refractivity contribution in [2.45, 2.75) is 26.2 Å². The molecule has 0 rings (SSSR count). The minimum Gasteiger partial charge on any atom is -0.396 e. The lowest BCUT2D eigenvalue weighted by atomic mass is 9.99. The molecule has 0 bridgehead atoms. The summed E-state index contributed by atoms with van der Waals surface area (Å²) in [4.78, 5) is 10.7. The summed E-state index contributed by atoms with van der Waals surface area (Å²) in [6.45, 7) is 1.58. The van der Waals surface area contributed by atoms with Crippen molar-refractivity contribution >= 4 is 5.78 Å². The zero-order chi connectivity index (χ0) is 8.69. The Morgan fingerprint density at radius 1 is 1.36 bits per heavy atom. The monoisotopic (exact) mass is 160 g/mol. The summed E-state index contributed by atoms with van der Waals surface area (Å²) in [6, 6.07) is 0. The predicted molar refractivity (Wildman–Crippen MR) is 42.2 cm³/mol. The van der Waals surface area contributed by atoms with Crippen molar-refractivity contribution in [3.05, 3.63) is 0 Å². The summed E-state index contributed by atoms with van der Waals surface area (Å²) in [5.74, 6) is -0.188. The molecule has 0 saturated carbocycles. The minimum absolute atomic E-state index is 0.0328. The highest BCUT2D eigenvalue weighted by molar-refractivity contribution is 5.78. The Hall–Kier alpha value is -0.410. The van der Waals surface area contributed by atoms with Crippen LogP contribution >= 0.6 is 0 Å². The first-order valence-corrected chi connectivity index (χ1v) is 3.94. The molecule has 0 amide bonds. The summed E-state index contributed by atoms with van der Waals surface area (Å²) in [5, 5.41) is 17.2. The van der Waals surface area contributed by atoms with Gasteiger partial charge >= 0.3 is 0 Å². The molecule has 0 fully saturated rings. The van der Waals surface area contributed by atoms with Gasteiger partial charge in [-0.2, -0.15) is 0 Å². The van der Waals surface area contributed by atoms with E-state index in [1.54, 1.807) is 0 Å². The highest BCUT2D eigenvalue weighted by atomic mass is 16.3. The molecular formula is C8H16O3. The van der Waals surface area contributed by atoms with Gasteiger partial charge in [-0.1, -0.05) is 6.42 Å². The summed E-state index contributed by atoms with van der Waals surface area (Å²) in [5.41, 5.74) is 0. The number of rotatable bonds is 6. The molecule has 11 heavy (non-hydrogen) atoms. The van der Waals surface area contributed by atoms with E-state index in [0.29, 0.717) is 12.8 Å². The van der Waals surface area contributed by atoms with Crippen LogP contribution < -0.4 is 0 Å². The van der Waals surface area contributed by atoms with Crippen LogP contribution in [-0.4, -0.2) is 29.2 Å². The maximum atomic E-state index is 10.7. The summed E-state index contributed by atoms with van der Waals surface area (Å²) < 4.78 is 0. The lowest BCUT2D eigenvalue weighted by Gasteiger charge is -2.08. The van der Waals surface area contributed by atoms with Crippen molar-refractivity contribution in [1.82, 2.24) is 0 Å². The Morgan fingerprint density at radius 2 is 2.00 bits per heavy atom. The van der Waals surface area contributed by atoms with E-state index >= 15 is 0 Å². The fraction of sp³-hybridized carbons (Fsp3) is 0.875. The van der Waals surface area contributed by atoms with E-state index < -0.39 is 0 Å². The van der Waals surface area contributed by atoms with Gasteiger partial charge in [0.25, 0.3) is 0 Å². The SMILES string of the molecule is CC(=O)C(CO)CCCCO. The molecule has 0 aromatic heterocycles. The highest BCUT2D eigenvalue weighted by Crippen LogP contribution is 2.08. The molecule has 1 atom stereocenters. The number of aliphatic hydroxyl groups excluding tert-OH is 2. The molecule has 1 unspecified atom stereocenters. The van der Waals surface area contributed by atoms with Crippen LogP contribution in [0.4, 0.5) is 0 Å². The van der Waals surface area contributed by atoms with Crippen LogP contribution in [0.5, 0.6) is 0 Å². The molecule has 2 N–H and O–H groups in total. The van der Waals surface area contributed by atoms with Crippen molar-refractivity contribution in [2.24, 2.45) is 5.92 Å². The van der Waals surface area contributed by atoms with E-state index in [9.17, 15) is 4.79 Å². The fourth-order valence-electron chi connectivity index (χ4n) is 0.926. The van der Waals surface area contributed by atoms with Gasteiger partial charge in [0.2, 0.25) is 0 Å². The summed E-state index contributed by atoms with van der Waals surface area (Å²) >= 11 is 0. The molecule has 0 spiro atoms. The van der Waals surface area contributed by atoms with Crippen molar-refractivity contribution in [3.63, 3.8) is 0 Å². The number of hydrogen-bond acceptors (Lipinski definition) is 3. The minimum atomic E-state index is -0.221. The van der Waals surface area contributed by atoms with E-state index in [0.717, 1.165) is 6.42 Å². The Labute approximate surface area is 67.0 Å². The first-order chi connectivity index (χ1) is 5.22. The van der Waals surface area contributed by atoms with E-state index in [2.05, 4.69) is 0 Å². The lowest BCUT2D eigenvalue weighted by molar-refractivity contribution is -0.122. The van der Waals surface area contributed by atoms with Gasteiger partial charge in [0.05, 0.1) is 6.61 Å². The first-order valence-electron chi connectivity index (χ1n) is 3.94. The van der Waals surface area contributed by atoms with Crippen molar-refractivity contribution in [3.8, 4) is 0 Å². The molecule has 0 aliphatic rings. The normalized spacial score (nSPS) is 13.0. The van der Waals surface area contributed by atoms with E-state index in [1.807, 2.05) is 0 Å². The van der Waals surface area contributed by atoms with Crippen molar-refractivity contribution < 1.29 is 15.0 Å². The van der Waals surface area contributed by atoms with Crippen molar-refractivity contribution in [2.75, 3.05) is 13.2 Å². The van der Waals surface area contributed by atoms with Crippen LogP contribution in [0.25, 0.3) is 0 Å². The molecule has 0 aromatic carbocycles. The van der Waals surface area contributed by atoms with Gasteiger partial charge in [-0.15, -0.1) is 0 Å². The average Bonchev–Trinajstić information content (AvgIpc) is 1.97. The third-order valence-corrected chi connectivity index (χ3v) is 1.76. The van der Waals surface area contributed by atoms with E-state index in [-0.39, 0.29) is 24.9 Å². The second kappa shape index (κ2) is 6.31. The van der Waals surface area contributed by atoms with Gasteiger partial charge in [0.15, 0.2) is 0 Å². The number of ketones is 1. The largest absolute Gasteiger partial charge is 0.396 e. The Bertz CT molecular complexity index is 112. The number of carbonyl (C=O) groups excluding carboxylic acids is 1. The number of Topliss-reactive ketones (excluding diaryl/α,β-unsaturated/α-hetero) is 1. The fourth-order valence-corrected chi connectivity index (χ4v) is 0.926. The molecule has 0 aliphatic heterocycles. The van der Waals surface area contributed by atoms with E-state index in [4.69, 9.17) is 10.2 Å². The van der Waals surface area contributed by atoms with Crippen LogP contribution in [0, 0.1) is 5.92 Å². The average molecular weight is 160 g/mol. The molecule has 3 nitrogen and oxygen atoms in total. The molecule has 0 heterocycles. The predicted octanol–water partition coefficient (Wildman–Crippen LogP) is 0.347. The van der Waals surface area contributed by atoms with E-state index in [1.165, 1.54) is 6.92 Å². The molecule has 0 aromatic rings. The number of aliphatic hydroxyl groups is 2. The lowest BCUT2D eigenvalue weighted by Crippen LogP contribution is -2.15. The maximum absolute atomic E-state index is 10.7. The van der Waals surface area contributed by atoms with Crippen LogP contribution in [0.1, 0.15) is 26.2 Å². The van der Waals surface area contributed by atoms with Crippen molar-refractivity contribution in [1.29, 1.82) is 0 Å². The van der Waals surface area contributed by atoms with Crippen LogP contribution in [0.3, 0.4) is 0 Å². The maximum Gasteiger partial charge on any atom is 0.135 e. The van der Waals surface area contributed by atoms with Gasteiger partial charge in [-0.05, 0) is 19.8 Å². The Kier molecular flexibility index (Phi) is 6.07. The molecule has 66 valence electrons. The van der Waals surface area contributed by atoms with Crippen LogP contribution in [0.15, 0.2) is 0 Å². The molecule has 0 aliphatic carbocycles. The quantitative estimate of drug-likeness (QED) is 0.551. The topological polar surface area (TPSA) is 57.5 Å². The number of unbranched alkanes of at least 4 members (excludes halogenated alkanes) is 1. The number of carbonyl (C=O) groups is 1. The molecule has 3 heteroatoms. The first kappa shape index (κ1) is 10.6. The number of hydrogen-bond donors (Lipinski definition) is 2. The third-order valence-electron chi connectivity index (χ3n) is 1.76. The summed E-state index contributed by atoms with van der Waals surface area (Å²) in [7, 11) is 0. The standard InChI is InChI=1S/C8H16O3/c1-7(11)8(6-10)4-2-3-5-9/h8-10H,2-6H2,1H3. The van der Waals surface area contributed by atoms with Crippen LogP contribution in [0.2, 0.25) is 0 Å². The third kappa shape index (κ3) is 4.93. The second-order valence-electron chi connectivity index (χ2n) is 2.71. The zero-order valence-corrected chi connectivity index (χ0v) is 6.92. The highest BCUT2D eigenvalue weighted by Gasteiger charge is 2.11. The molecular weight excluding hydrogens is 144 g/mol. The van der Waals surface area contributed by atoms with Gasteiger partial charge in [-0.25, -0.2) is 0 Å². The Morgan fingerprint density at radius 3 is 2.36 bits per heavy atom. The smallest absolute Gasteiger partial charge is 0.135 e. The van der Waals surface area contributed by atoms with Gasteiger partial charge in [-0.3, -0.25) is 4.79 Å². The Balaban J connectivity index is 3.44. The summed E-state index contributed by atoms with van der Waals surface area (Å²) in [6.07, 6.45) is 2.21. The molecule has 0 radical (unpaired) electrons. The van der Waals surface area contributed by atoms with Gasteiger partial charge in [0, 0.05) is 12.5 Å². The molecule has 0 saturated heterocycles.